The average molecular weight is 315 g/mol. The van der Waals surface area contributed by atoms with Crippen LogP contribution < -0.4 is 0 Å². The zero-order chi connectivity index (χ0) is 15.6. The Morgan fingerprint density at radius 1 is 1.38 bits per heavy atom. The summed E-state index contributed by atoms with van der Waals surface area (Å²) >= 11 is -2.67. The van der Waals surface area contributed by atoms with Gasteiger partial charge in [0.15, 0.2) is 0 Å². The van der Waals surface area contributed by atoms with Crippen LogP contribution in [-0.4, -0.2) is 59.4 Å². The second kappa shape index (κ2) is 6.37. The van der Waals surface area contributed by atoms with Crippen molar-refractivity contribution in [2.75, 3.05) is 19.7 Å². The van der Waals surface area contributed by atoms with E-state index < -0.39 is 23.8 Å². The quantitative estimate of drug-likeness (QED) is 0.724. The molecule has 0 aliphatic carbocycles. The van der Waals surface area contributed by atoms with Gasteiger partial charge in [-0.1, -0.05) is 0 Å². The predicted octanol–water partition coefficient (Wildman–Crippen LogP) is -0.473. The molecule has 1 aromatic rings. The van der Waals surface area contributed by atoms with Crippen molar-refractivity contribution >= 4 is 23.1 Å². The molecular formula is C12H15N2O6S-. The van der Waals surface area contributed by atoms with E-state index in [-0.39, 0.29) is 17.5 Å². The summed E-state index contributed by atoms with van der Waals surface area (Å²) in [6.45, 7) is 0.278. The van der Waals surface area contributed by atoms with Crippen molar-refractivity contribution in [3.8, 4) is 0 Å². The van der Waals surface area contributed by atoms with E-state index in [2.05, 4.69) is 0 Å². The number of piperidine rings is 1. The number of aromatic nitrogens is 1. The molecule has 2 heterocycles. The maximum Gasteiger partial charge on any atom is 0.353 e. The molecule has 1 unspecified atom stereocenters. The highest BCUT2D eigenvalue weighted by atomic mass is 32.2. The molecule has 9 heteroatoms. The zero-order valence-electron chi connectivity index (χ0n) is 11.1. The van der Waals surface area contributed by atoms with Crippen molar-refractivity contribution in [2.45, 2.75) is 18.8 Å². The molecule has 0 saturated carbocycles. The molecule has 0 radical (unpaired) electrons. The number of carboxylic acid groups (broad SMARTS) is 1. The van der Waals surface area contributed by atoms with E-state index in [1.165, 1.54) is 17.2 Å². The van der Waals surface area contributed by atoms with Crippen molar-refractivity contribution < 1.29 is 28.6 Å². The van der Waals surface area contributed by atoms with E-state index in [0.717, 1.165) is 0 Å². The highest BCUT2D eigenvalue weighted by Gasteiger charge is 2.28. The van der Waals surface area contributed by atoms with Gasteiger partial charge in [0, 0.05) is 19.3 Å². The van der Waals surface area contributed by atoms with E-state index >= 15 is 0 Å². The Kier molecular flexibility index (Phi) is 4.76. The topological polar surface area (TPSA) is 123 Å². The van der Waals surface area contributed by atoms with Gasteiger partial charge in [0.2, 0.25) is 5.91 Å². The molecule has 1 aliphatic heterocycles. The minimum absolute atomic E-state index is 0.122. The molecule has 8 nitrogen and oxygen atoms in total. The van der Waals surface area contributed by atoms with Gasteiger partial charge in [-0.15, -0.1) is 0 Å². The summed E-state index contributed by atoms with van der Waals surface area (Å²) in [6, 6.07) is 1.49. The number of aliphatic hydroxyl groups excluding tert-OH is 1. The third-order valence-electron chi connectivity index (χ3n) is 3.67. The number of carbonyl (C=O) groups is 2. The first-order valence-electron chi connectivity index (χ1n) is 6.38. The molecule has 2 rings (SSSR count). The van der Waals surface area contributed by atoms with E-state index in [9.17, 15) is 23.5 Å². The maximum atomic E-state index is 11.4. The smallest absolute Gasteiger partial charge is 0.353 e. The molecule has 116 valence electrons. The summed E-state index contributed by atoms with van der Waals surface area (Å²) in [5.74, 6) is -1.78. The lowest BCUT2D eigenvalue weighted by Gasteiger charge is -2.31. The third-order valence-corrected chi connectivity index (χ3v) is 4.29. The first-order valence-corrected chi connectivity index (χ1v) is 7.41. The SMILES string of the molecule is O=C(O)c1c(C2CCN(C(=O)CO)CC2)ccn1S(=O)[O-]. The molecule has 0 bridgehead atoms. The van der Waals surface area contributed by atoms with E-state index in [1.807, 2.05) is 0 Å². The molecule has 1 atom stereocenters. The van der Waals surface area contributed by atoms with Crippen molar-refractivity contribution in [1.82, 2.24) is 8.87 Å². The molecule has 0 spiro atoms. The van der Waals surface area contributed by atoms with E-state index in [4.69, 9.17) is 5.11 Å². The lowest BCUT2D eigenvalue weighted by atomic mass is 9.89. The molecular weight excluding hydrogens is 300 g/mol. The second-order valence-corrected chi connectivity index (χ2v) is 5.61. The number of carbonyl (C=O) groups excluding carboxylic acids is 1. The summed E-state index contributed by atoms with van der Waals surface area (Å²) in [4.78, 5) is 24.2. The Bertz CT molecular complexity index is 576. The molecule has 21 heavy (non-hydrogen) atoms. The summed E-state index contributed by atoms with van der Waals surface area (Å²) in [5, 5.41) is 18.0. The van der Waals surface area contributed by atoms with Gasteiger partial charge in [-0.25, -0.2) is 4.79 Å². The number of rotatable bonds is 4. The van der Waals surface area contributed by atoms with Crippen molar-refractivity contribution in [3.63, 3.8) is 0 Å². The minimum atomic E-state index is -2.67. The molecule has 1 saturated heterocycles. The zero-order valence-corrected chi connectivity index (χ0v) is 11.9. The monoisotopic (exact) mass is 315 g/mol. The Morgan fingerprint density at radius 3 is 2.48 bits per heavy atom. The van der Waals surface area contributed by atoms with Crippen molar-refractivity contribution in [3.05, 3.63) is 23.5 Å². The van der Waals surface area contributed by atoms with Crippen LogP contribution in [0.1, 0.15) is 34.8 Å². The summed E-state index contributed by atoms with van der Waals surface area (Å²) in [7, 11) is 0. The van der Waals surface area contributed by atoms with Crippen molar-refractivity contribution in [2.24, 2.45) is 0 Å². The van der Waals surface area contributed by atoms with Crippen LogP contribution in [0.3, 0.4) is 0 Å². The fraction of sp³-hybridized carbons (Fsp3) is 0.500. The fourth-order valence-corrected chi connectivity index (χ4v) is 3.13. The normalized spacial score (nSPS) is 17.7. The Balaban J connectivity index is 2.19. The van der Waals surface area contributed by atoms with Crippen LogP contribution in [0.2, 0.25) is 0 Å². The Morgan fingerprint density at radius 2 is 2.00 bits per heavy atom. The first-order chi connectivity index (χ1) is 9.95. The molecule has 1 amide bonds. The highest BCUT2D eigenvalue weighted by molar-refractivity contribution is 7.77. The number of hydrogen-bond donors (Lipinski definition) is 2. The fourth-order valence-electron chi connectivity index (χ4n) is 2.64. The third kappa shape index (κ3) is 3.14. The largest absolute Gasteiger partial charge is 0.755 e. The van der Waals surface area contributed by atoms with Crippen LogP contribution >= 0.6 is 0 Å². The summed E-state index contributed by atoms with van der Waals surface area (Å²) in [6.07, 6.45) is 2.27. The van der Waals surface area contributed by atoms with Gasteiger partial charge in [-0.3, -0.25) is 13.0 Å². The minimum Gasteiger partial charge on any atom is -0.755 e. The Hall–Kier alpha value is -1.71. The van der Waals surface area contributed by atoms with Crippen LogP contribution in [0.5, 0.6) is 0 Å². The maximum absolute atomic E-state index is 11.4. The predicted molar refractivity (Wildman–Crippen MR) is 71.3 cm³/mol. The average Bonchev–Trinajstić information content (AvgIpc) is 2.91. The molecule has 1 fully saturated rings. The van der Waals surface area contributed by atoms with Gasteiger partial charge in [-0.2, -0.15) is 0 Å². The highest BCUT2D eigenvalue weighted by Crippen LogP contribution is 2.31. The van der Waals surface area contributed by atoms with Gasteiger partial charge >= 0.3 is 5.97 Å². The van der Waals surface area contributed by atoms with Crippen LogP contribution in [0.25, 0.3) is 0 Å². The number of aromatic carboxylic acids is 1. The lowest BCUT2D eigenvalue weighted by Crippen LogP contribution is -2.39. The van der Waals surface area contributed by atoms with Gasteiger partial charge in [-0.05, 0) is 30.4 Å². The van der Waals surface area contributed by atoms with Gasteiger partial charge in [0.05, 0.1) is 11.3 Å². The second-order valence-electron chi connectivity index (χ2n) is 4.78. The van der Waals surface area contributed by atoms with E-state index in [1.54, 1.807) is 0 Å². The number of nitrogens with zero attached hydrogens (tertiary/aromatic N) is 2. The van der Waals surface area contributed by atoms with Gasteiger partial charge in [0.1, 0.15) is 12.3 Å². The van der Waals surface area contributed by atoms with Crippen LogP contribution in [0.15, 0.2) is 12.3 Å². The standard InChI is InChI=1S/C12H16N2O6S/c15-7-10(16)13-4-1-8(2-5-13)9-3-6-14(21(19)20)11(9)12(17)18/h3,6,8,15H,1-2,4-5,7H2,(H,17,18)(H,19,20)/p-1. The summed E-state index contributed by atoms with van der Waals surface area (Å²) < 4.78 is 22.7. The molecule has 2 N–H and O–H groups in total. The number of likely N-dealkylation sites (tertiary alicyclic amines) is 1. The van der Waals surface area contributed by atoms with Crippen LogP contribution in [0.4, 0.5) is 0 Å². The van der Waals surface area contributed by atoms with Gasteiger partial charge in [0.25, 0.3) is 0 Å². The first kappa shape index (κ1) is 15.7. The van der Waals surface area contributed by atoms with Crippen LogP contribution in [0, 0.1) is 0 Å². The van der Waals surface area contributed by atoms with Crippen LogP contribution in [-0.2, 0) is 16.1 Å². The molecule has 1 aliphatic rings. The number of amides is 1. The number of aliphatic hydroxyl groups is 1. The van der Waals surface area contributed by atoms with E-state index in [0.29, 0.717) is 35.5 Å². The number of hydrogen-bond acceptors (Lipinski definition) is 5. The summed E-state index contributed by atoms with van der Waals surface area (Å²) in [5.41, 5.74) is 0.207. The lowest BCUT2D eigenvalue weighted by molar-refractivity contribution is -0.135. The van der Waals surface area contributed by atoms with Gasteiger partial charge < -0.3 is 19.7 Å². The van der Waals surface area contributed by atoms with Crippen molar-refractivity contribution in [1.29, 1.82) is 0 Å². The molecule has 1 aromatic heterocycles. The molecule has 0 aromatic carbocycles. The Labute approximate surface area is 123 Å². The number of carboxylic acids is 1.